The molecule has 200 valence electrons. The van der Waals surface area contributed by atoms with Crippen LogP contribution < -0.4 is 14.8 Å². The van der Waals surface area contributed by atoms with Gasteiger partial charge in [-0.2, -0.15) is 18.3 Å². The predicted octanol–water partition coefficient (Wildman–Crippen LogP) is 5.63. The molecule has 3 aromatic rings. The zero-order valence-electron chi connectivity index (χ0n) is 20.8. The van der Waals surface area contributed by atoms with E-state index < -0.39 is 29.7 Å². The summed E-state index contributed by atoms with van der Waals surface area (Å²) in [5.74, 6) is 0.701. The van der Waals surface area contributed by atoms with Crippen molar-refractivity contribution in [3.05, 3.63) is 76.0 Å². The third-order valence-electron chi connectivity index (χ3n) is 5.95. The Morgan fingerprint density at radius 1 is 1.13 bits per heavy atom. The minimum atomic E-state index is -4.48. The van der Waals surface area contributed by atoms with E-state index in [1.807, 2.05) is 17.5 Å². The van der Waals surface area contributed by atoms with Gasteiger partial charge in [-0.05, 0) is 53.9 Å². The molecule has 0 spiro atoms. The molecule has 0 bridgehead atoms. The number of rotatable bonds is 7. The molecule has 2 heterocycles. The molecule has 8 nitrogen and oxygen atoms in total. The van der Waals surface area contributed by atoms with Gasteiger partial charge in [0.15, 0.2) is 0 Å². The number of anilines is 1. The van der Waals surface area contributed by atoms with Crippen molar-refractivity contribution in [2.45, 2.75) is 18.6 Å². The molecule has 1 aliphatic rings. The molecule has 0 saturated carbocycles. The van der Waals surface area contributed by atoms with E-state index in [9.17, 15) is 22.8 Å². The quantitative estimate of drug-likeness (QED) is 0.417. The number of nitrogens with one attached hydrogen (secondary N) is 1. The van der Waals surface area contributed by atoms with Gasteiger partial charge >= 0.3 is 12.2 Å². The number of ether oxygens (including phenoxy) is 2. The Kier molecular flexibility index (Phi) is 7.91. The molecule has 1 atom stereocenters. The van der Waals surface area contributed by atoms with Crippen LogP contribution in [-0.4, -0.2) is 55.4 Å². The number of likely N-dealkylation sites (N-methyl/N-ethyl adjacent to an activating group) is 1. The fourth-order valence-electron chi connectivity index (χ4n) is 3.98. The molecule has 0 radical (unpaired) electrons. The molecule has 1 N–H and O–H groups in total. The van der Waals surface area contributed by atoms with Crippen LogP contribution in [0.4, 0.5) is 23.7 Å². The minimum Gasteiger partial charge on any atom is -0.497 e. The van der Waals surface area contributed by atoms with E-state index in [1.165, 1.54) is 30.5 Å². The van der Waals surface area contributed by atoms with E-state index in [4.69, 9.17) is 9.47 Å². The van der Waals surface area contributed by atoms with Gasteiger partial charge in [0.05, 0.1) is 36.4 Å². The van der Waals surface area contributed by atoms with Crippen LogP contribution in [0, 0.1) is 0 Å². The van der Waals surface area contributed by atoms with Crippen LogP contribution in [0.2, 0.25) is 0 Å². The number of nitrogens with zero attached hydrogens (tertiary/aromatic N) is 3. The average Bonchev–Trinajstić information content (AvgIpc) is 3.58. The first kappa shape index (κ1) is 27.0. The fourth-order valence-corrected chi connectivity index (χ4v) is 4.70. The maximum atomic E-state index is 13.4. The van der Waals surface area contributed by atoms with Gasteiger partial charge in [-0.25, -0.2) is 9.80 Å². The Morgan fingerprint density at radius 2 is 1.87 bits per heavy atom. The van der Waals surface area contributed by atoms with Gasteiger partial charge in [0, 0.05) is 24.7 Å². The van der Waals surface area contributed by atoms with Crippen molar-refractivity contribution in [2.75, 3.05) is 33.1 Å². The van der Waals surface area contributed by atoms with E-state index in [0.29, 0.717) is 23.5 Å². The number of urea groups is 1. The summed E-state index contributed by atoms with van der Waals surface area (Å²) in [4.78, 5) is 28.2. The molecule has 4 rings (SSSR count). The lowest BCUT2D eigenvalue weighted by Gasteiger charge is -2.26. The van der Waals surface area contributed by atoms with E-state index in [-0.39, 0.29) is 12.2 Å². The van der Waals surface area contributed by atoms with Crippen molar-refractivity contribution in [3.8, 4) is 11.5 Å². The van der Waals surface area contributed by atoms with Crippen LogP contribution >= 0.6 is 11.3 Å². The summed E-state index contributed by atoms with van der Waals surface area (Å²) in [6, 6.07) is 12.0. The molecular weight excluding hydrogens is 521 g/mol. The number of hydrogen-bond donors (Lipinski definition) is 1. The van der Waals surface area contributed by atoms with Gasteiger partial charge < -0.3 is 19.7 Å². The Morgan fingerprint density at radius 3 is 2.47 bits per heavy atom. The van der Waals surface area contributed by atoms with Crippen molar-refractivity contribution in [2.24, 2.45) is 5.10 Å². The SMILES string of the molecule is COc1ccc(OC)c(C2CC(c3cccs3)=NN2C(=O)CN(C)C(=O)Nc2ccc(C(F)(F)F)cc2)c1. The van der Waals surface area contributed by atoms with Gasteiger partial charge in [-0.1, -0.05) is 6.07 Å². The molecule has 0 saturated heterocycles. The van der Waals surface area contributed by atoms with Gasteiger partial charge in [0.1, 0.15) is 18.0 Å². The number of carbonyl (C=O) groups is 2. The van der Waals surface area contributed by atoms with Crippen LogP contribution in [0.5, 0.6) is 11.5 Å². The highest BCUT2D eigenvalue weighted by atomic mass is 32.1. The molecular formula is C26H25F3N4O4S. The van der Waals surface area contributed by atoms with Gasteiger partial charge in [-0.15, -0.1) is 11.3 Å². The summed E-state index contributed by atoms with van der Waals surface area (Å²) in [7, 11) is 4.49. The Bertz CT molecular complexity index is 1330. The summed E-state index contributed by atoms with van der Waals surface area (Å²) in [5.41, 5.74) is 0.763. The van der Waals surface area contributed by atoms with Crippen LogP contribution in [0.3, 0.4) is 0 Å². The summed E-state index contributed by atoms with van der Waals surface area (Å²) in [6.45, 7) is -0.323. The largest absolute Gasteiger partial charge is 0.497 e. The number of carbonyl (C=O) groups excluding carboxylic acids is 2. The Balaban J connectivity index is 1.53. The highest BCUT2D eigenvalue weighted by Gasteiger charge is 2.36. The zero-order valence-corrected chi connectivity index (χ0v) is 21.6. The number of hydrazone groups is 1. The molecule has 1 unspecified atom stereocenters. The summed E-state index contributed by atoms with van der Waals surface area (Å²) < 4.78 is 49.3. The van der Waals surface area contributed by atoms with Gasteiger partial charge in [-0.3, -0.25) is 4.79 Å². The second-order valence-corrected chi connectivity index (χ2v) is 9.40. The average molecular weight is 547 g/mol. The number of benzene rings is 2. The second-order valence-electron chi connectivity index (χ2n) is 8.45. The van der Waals surface area contributed by atoms with Crippen LogP contribution in [-0.2, 0) is 11.0 Å². The second kappa shape index (κ2) is 11.1. The number of halogens is 3. The first-order valence-corrected chi connectivity index (χ1v) is 12.3. The number of hydrogen-bond acceptors (Lipinski definition) is 6. The third kappa shape index (κ3) is 5.91. The molecule has 1 aromatic heterocycles. The van der Waals surface area contributed by atoms with Crippen molar-refractivity contribution < 1.29 is 32.2 Å². The van der Waals surface area contributed by atoms with Crippen molar-refractivity contribution in [1.29, 1.82) is 0 Å². The monoisotopic (exact) mass is 546 g/mol. The Hall–Kier alpha value is -4.06. The zero-order chi connectivity index (χ0) is 27.4. The summed E-state index contributed by atoms with van der Waals surface area (Å²) in [6.07, 6.45) is -4.05. The summed E-state index contributed by atoms with van der Waals surface area (Å²) in [5, 5.41) is 10.4. The Labute approximate surface area is 221 Å². The molecule has 12 heteroatoms. The summed E-state index contributed by atoms with van der Waals surface area (Å²) >= 11 is 1.50. The lowest BCUT2D eigenvalue weighted by atomic mass is 9.99. The maximum absolute atomic E-state index is 13.4. The molecule has 2 aromatic carbocycles. The van der Waals surface area contributed by atoms with Crippen molar-refractivity contribution >= 4 is 34.7 Å². The van der Waals surface area contributed by atoms with E-state index in [0.717, 1.165) is 39.8 Å². The smallest absolute Gasteiger partial charge is 0.416 e. The minimum absolute atomic E-state index is 0.167. The van der Waals surface area contributed by atoms with Crippen molar-refractivity contribution in [1.82, 2.24) is 9.91 Å². The lowest BCUT2D eigenvalue weighted by Crippen LogP contribution is -2.41. The number of methoxy groups -OCH3 is 2. The standard InChI is InChI=1S/C26H25F3N4O4S/c1-32(25(35)30-17-8-6-16(7-9-17)26(27,28)29)15-24(34)33-21(14-20(31-33)23-5-4-12-38-23)19-13-18(36-2)10-11-22(19)37-3/h4-13,21H,14-15H2,1-3H3,(H,30,35). The van der Waals surface area contributed by atoms with E-state index >= 15 is 0 Å². The molecule has 0 aliphatic carbocycles. The number of amides is 3. The number of thiophene rings is 1. The van der Waals surface area contributed by atoms with Gasteiger partial charge in [0.2, 0.25) is 0 Å². The third-order valence-corrected chi connectivity index (χ3v) is 6.87. The fraction of sp³-hybridized carbons (Fsp3) is 0.269. The normalized spacial score (nSPS) is 15.2. The maximum Gasteiger partial charge on any atom is 0.416 e. The van der Waals surface area contributed by atoms with Crippen molar-refractivity contribution in [3.63, 3.8) is 0 Å². The highest BCUT2D eigenvalue weighted by molar-refractivity contribution is 7.12. The topological polar surface area (TPSA) is 83.5 Å². The molecule has 1 aliphatic heterocycles. The van der Waals surface area contributed by atoms with Crippen LogP contribution in [0.25, 0.3) is 0 Å². The molecule has 0 fully saturated rings. The van der Waals surface area contributed by atoms with Gasteiger partial charge in [0.25, 0.3) is 5.91 Å². The lowest BCUT2D eigenvalue weighted by molar-refractivity contribution is -0.137. The van der Waals surface area contributed by atoms with E-state index in [1.54, 1.807) is 25.3 Å². The number of alkyl halides is 3. The first-order valence-electron chi connectivity index (χ1n) is 11.5. The van der Waals surface area contributed by atoms with Crippen LogP contribution in [0.1, 0.15) is 28.5 Å². The van der Waals surface area contributed by atoms with Crippen LogP contribution in [0.15, 0.2) is 65.1 Å². The predicted molar refractivity (Wildman–Crippen MR) is 138 cm³/mol. The molecule has 3 amide bonds. The first-order chi connectivity index (χ1) is 18.1. The van der Waals surface area contributed by atoms with E-state index in [2.05, 4.69) is 10.4 Å². The highest BCUT2D eigenvalue weighted by Crippen LogP contribution is 2.40. The molecule has 38 heavy (non-hydrogen) atoms.